The minimum atomic E-state index is -1.13. The molecule has 30 heavy (non-hydrogen) atoms. The zero-order valence-electron chi connectivity index (χ0n) is 17.6. The van der Waals surface area contributed by atoms with Gasteiger partial charge >= 0.3 is 5.97 Å². The van der Waals surface area contributed by atoms with E-state index in [-0.39, 0.29) is 24.5 Å². The average molecular weight is 423 g/mol. The first kappa shape index (κ1) is 25.4. The molecule has 0 saturated carbocycles. The Morgan fingerprint density at radius 1 is 1.00 bits per heavy atom. The number of carbonyl (C=O) groups is 3. The van der Waals surface area contributed by atoms with Gasteiger partial charge in [0.2, 0.25) is 11.8 Å². The summed E-state index contributed by atoms with van der Waals surface area (Å²) < 4.78 is 0. The maximum atomic E-state index is 12.7. The van der Waals surface area contributed by atoms with E-state index in [1.54, 1.807) is 12.1 Å². The first-order valence-electron chi connectivity index (χ1n) is 10.2. The molecular weight excluding hydrogens is 388 g/mol. The third-order valence-corrected chi connectivity index (χ3v) is 4.63. The van der Waals surface area contributed by atoms with Crippen LogP contribution in [0.5, 0.6) is 5.75 Å². The van der Waals surface area contributed by atoms with Gasteiger partial charge in [0, 0.05) is 0 Å². The summed E-state index contributed by atoms with van der Waals surface area (Å²) in [5, 5.41) is 23.9. The second-order valence-electron chi connectivity index (χ2n) is 7.85. The fraction of sp³-hybridized carbons (Fsp3) is 0.571. The number of carbonyl (C=O) groups excluding carboxylic acids is 2. The fourth-order valence-corrected chi connectivity index (χ4v) is 2.98. The molecule has 0 radical (unpaired) electrons. The SMILES string of the molecule is CC(C)CC(NC(=O)C(N)Cc1ccc(O)cc1)C(=O)NC(CCCCN)C(=O)O. The van der Waals surface area contributed by atoms with Crippen molar-refractivity contribution in [3.05, 3.63) is 29.8 Å². The molecule has 8 N–H and O–H groups in total. The number of hydrogen-bond acceptors (Lipinski definition) is 6. The Balaban J connectivity index is 2.76. The van der Waals surface area contributed by atoms with Crippen molar-refractivity contribution in [3.63, 3.8) is 0 Å². The Hall–Kier alpha value is -2.65. The Morgan fingerprint density at radius 2 is 1.60 bits per heavy atom. The number of carboxylic acid groups (broad SMARTS) is 1. The monoisotopic (exact) mass is 422 g/mol. The van der Waals surface area contributed by atoms with E-state index in [9.17, 15) is 24.6 Å². The largest absolute Gasteiger partial charge is 0.508 e. The third kappa shape index (κ3) is 9.23. The first-order chi connectivity index (χ1) is 14.1. The molecule has 1 rings (SSSR count). The van der Waals surface area contributed by atoms with E-state index in [2.05, 4.69) is 10.6 Å². The standard InChI is InChI=1S/C21H34N4O5/c1-13(2)11-18(20(28)24-17(21(29)30)5-3-4-10-22)25-19(27)16(23)12-14-6-8-15(26)9-7-14/h6-9,13,16-18,26H,3-5,10-12,22-23H2,1-2H3,(H,24,28)(H,25,27)(H,29,30). The number of nitrogens with one attached hydrogen (secondary N) is 2. The number of aromatic hydroxyl groups is 1. The fourth-order valence-electron chi connectivity index (χ4n) is 2.98. The van der Waals surface area contributed by atoms with Gasteiger partial charge in [-0.15, -0.1) is 0 Å². The van der Waals surface area contributed by atoms with E-state index in [1.165, 1.54) is 12.1 Å². The lowest BCUT2D eigenvalue weighted by Crippen LogP contribution is -2.55. The Morgan fingerprint density at radius 3 is 2.13 bits per heavy atom. The molecule has 0 aliphatic rings. The molecule has 1 aromatic carbocycles. The predicted octanol–water partition coefficient (Wildman–Crippen LogP) is 0.491. The lowest BCUT2D eigenvalue weighted by molar-refractivity contribution is -0.142. The summed E-state index contributed by atoms with van der Waals surface area (Å²) in [6, 6.07) is 3.52. The summed E-state index contributed by atoms with van der Waals surface area (Å²) in [7, 11) is 0. The maximum Gasteiger partial charge on any atom is 0.326 e. The predicted molar refractivity (Wildman–Crippen MR) is 114 cm³/mol. The lowest BCUT2D eigenvalue weighted by Gasteiger charge is -2.24. The van der Waals surface area contributed by atoms with Crippen LogP contribution in [-0.2, 0) is 20.8 Å². The van der Waals surface area contributed by atoms with E-state index in [0.29, 0.717) is 25.8 Å². The van der Waals surface area contributed by atoms with Crippen molar-refractivity contribution >= 4 is 17.8 Å². The number of carboxylic acids is 1. The summed E-state index contributed by atoms with van der Waals surface area (Å²) in [5.41, 5.74) is 12.2. The molecule has 3 atom stereocenters. The zero-order chi connectivity index (χ0) is 22.7. The molecule has 1 aromatic rings. The van der Waals surface area contributed by atoms with Gasteiger partial charge < -0.3 is 32.3 Å². The smallest absolute Gasteiger partial charge is 0.326 e. The second-order valence-corrected chi connectivity index (χ2v) is 7.85. The van der Waals surface area contributed by atoms with Gasteiger partial charge in [-0.2, -0.15) is 0 Å². The second kappa shape index (κ2) is 12.8. The molecule has 0 aromatic heterocycles. The van der Waals surface area contributed by atoms with Crippen molar-refractivity contribution in [1.82, 2.24) is 10.6 Å². The van der Waals surface area contributed by atoms with Crippen LogP contribution in [0.25, 0.3) is 0 Å². The van der Waals surface area contributed by atoms with Crippen LogP contribution in [0, 0.1) is 5.92 Å². The van der Waals surface area contributed by atoms with Gasteiger partial charge in [-0.3, -0.25) is 9.59 Å². The number of aliphatic carboxylic acids is 1. The Kier molecular flexibility index (Phi) is 10.8. The highest BCUT2D eigenvalue weighted by atomic mass is 16.4. The zero-order valence-corrected chi connectivity index (χ0v) is 17.6. The molecule has 9 nitrogen and oxygen atoms in total. The molecule has 3 unspecified atom stereocenters. The van der Waals surface area contributed by atoms with Crippen LogP contribution in [-0.4, -0.2) is 52.7 Å². The molecule has 168 valence electrons. The number of phenolic OH excluding ortho intramolecular Hbond substituents is 1. The molecule has 0 saturated heterocycles. The van der Waals surface area contributed by atoms with Gasteiger partial charge in [-0.25, -0.2) is 4.79 Å². The number of hydrogen-bond donors (Lipinski definition) is 6. The molecule has 2 amide bonds. The summed E-state index contributed by atoms with van der Waals surface area (Å²) in [6.07, 6.45) is 2.09. The van der Waals surface area contributed by atoms with Crippen molar-refractivity contribution in [2.45, 2.75) is 64.1 Å². The lowest BCUT2D eigenvalue weighted by atomic mass is 10.0. The number of benzene rings is 1. The van der Waals surface area contributed by atoms with Gasteiger partial charge in [0.1, 0.15) is 17.8 Å². The van der Waals surface area contributed by atoms with E-state index in [1.807, 2.05) is 13.8 Å². The minimum Gasteiger partial charge on any atom is -0.508 e. The first-order valence-corrected chi connectivity index (χ1v) is 10.2. The highest BCUT2D eigenvalue weighted by Gasteiger charge is 2.28. The highest BCUT2D eigenvalue weighted by molar-refractivity contribution is 5.91. The van der Waals surface area contributed by atoms with Crippen LogP contribution in [0.1, 0.15) is 45.1 Å². The number of amides is 2. The highest BCUT2D eigenvalue weighted by Crippen LogP contribution is 2.12. The van der Waals surface area contributed by atoms with E-state index in [0.717, 1.165) is 5.56 Å². The van der Waals surface area contributed by atoms with E-state index < -0.39 is 35.9 Å². The van der Waals surface area contributed by atoms with Crippen LogP contribution in [0.4, 0.5) is 0 Å². The average Bonchev–Trinajstić information content (AvgIpc) is 2.67. The molecular formula is C21H34N4O5. The van der Waals surface area contributed by atoms with Crippen LogP contribution in [0.15, 0.2) is 24.3 Å². The molecule has 0 aliphatic carbocycles. The summed E-state index contributed by atoms with van der Waals surface area (Å²) in [6.45, 7) is 4.25. The molecule has 0 bridgehead atoms. The van der Waals surface area contributed by atoms with Gasteiger partial charge in [0.15, 0.2) is 0 Å². The number of phenols is 1. The topological polar surface area (TPSA) is 168 Å². The van der Waals surface area contributed by atoms with Crippen LogP contribution in [0.3, 0.4) is 0 Å². The summed E-state index contributed by atoms with van der Waals surface area (Å²) >= 11 is 0. The quantitative estimate of drug-likeness (QED) is 0.251. The summed E-state index contributed by atoms with van der Waals surface area (Å²) in [4.78, 5) is 36.7. The van der Waals surface area contributed by atoms with Gasteiger partial charge in [0.25, 0.3) is 0 Å². The van der Waals surface area contributed by atoms with E-state index in [4.69, 9.17) is 11.5 Å². The van der Waals surface area contributed by atoms with Crippen molar-refractivity contribution in [1.29, 1.82) is 0 Å². The Labute approximate surface area is 177 Å². The maximum absolute atomic E-state index is 12.7. The van der Waals surface area contributed by atoms with Crippen molar-refractivity contribution in [3.8, 4) is 5.75 Å². The molecule has 0 aliphatic heterocycles. The Bertz CT molecular complexity index is 693. The normalized spacial score (nSPS) is 14.0. The molecule has 9 heteroatoms. The van der Waals surface area contributed by atoms with Crippen LogP contribution < -0.4 is 22.1 Å². The summed E-state index contributed by atoms with van der Waals surface area (Å²) in [5.74, 6) is -1.97. The number of nitrogens with two attached hydrogens (primary N) is 2. The molecule has 0 heterocycles. The van der Waals surface area contributed by atoms with Crippen molar-refractivity contribution < 1.29 is 24.6 Å². The molecule has 0 spiro atoms. The molecule has 0 fully saturated rings. The third-order valence-electron chi connectivity index (χ3n) is 4.63. The van der Waals surface area contributed by atoms with E-state index >= 15 is 0 Å². The number of unbranched alkanes of at least 4 members (excludes halogenated alkanes) is 1. The van der Waals surface area contributed by atoms with Crippen molar-refractivity contribution in [2.24, 2.45) is 17.4 Å². The van der Waals surface area contributed by atoms with Gasteiger partial charge in [-0.05, 0) is 62.3 Å². The van der Waals surface area contributed by atoms with Crippen molar-refractivity contribution in [2.75, 3.05) is 6.54 Å². The van der Waals surface area contributed by atoms with Crippen LogP contribution >= 0.6 is 0 Å². The van der Waals surface area contributed by atoms with Crippen LogP contribution in [0.2, 0.25) is 0 Å². The minimum absolute atomic E-state index is 0.0925. The van der Waals surface area contributed by atoms with Gasteiger partial charge in [-0.1, -0.05) is 26.0 Å². The number of rotatable bonds is 13. The van der Waals surface area contributed by atoms with Gasteiger partial charge in [0.05, 0.1) is 6.04 Å².